The van der Waals surface area contributed by atoms with Gasteiger partial charge in [0, 0.05) is 29.2 Å². The van der Waals surface area contributed by atoms with Crippen LogP contribution in [0.5, 0.6) is 0 Å². The van der Waals surface area contributed by atoms with Crippen LogP contribution in [0.2, 0.25) is 0 Å². The number of fused-ring (bicyclic) bond motifs is 1. The zero-order chi connectivity index (χ0) is 17.6. The number of furan rings is 1. The van der Waals surface area contributed by atoms with E-state index in [1.165, 1.54) is 6.26 Å². The summed E-state index contributed by atoms with van der Waals surface area (Å²) in [5.41, 5.74) is 1.90. The molecule has 0 spiro atoms. The van der Waals surface area contributed by atoms with Gasteiger partial charge >= 0.3 is 0 Å². The summed E-state index contributed by atoms with van der Waals surface area (Å²) in [6.45, 7) is 4.66. The number of nitrogens with one attached hydrogen (secondary N) is 1. The normalized spacial score (nSPS) is 11.2. The maximum absolute atomic E-state index is 12.3. The zero-order valence-electron chi connectivity index (χ0n) is 13.6. The molecule has 0 aliphatic heterocycles. The quantitative estimate of drug-likeness (QED) is 0.426. The first kappa shape index (κ1) is 16.3. The van der Waals surface area contributed by atoms with Crippen LogP contribution in [0, 0.1) is 11.3 Å². The molecule has 124 valence electrons. The predicted octanol–water partition coefficient (Wildman–Crippen LogP) is 3.64. The highest BCUT2D eigenvalue weighted by atomic mass is 16.3. The molecule has 0 aliphatic rings. The lowest BCUT2D eigenvalue weighted by Crippen LogP contribution is -2.23. The minimum absolute atomic E-state index is 0.0491. The second-order valence-electron chi connectivity index (χ2n) is 5.47. The van der Waals surface area contributed by atoms with Crippen molar-refractivity contribution in [3.8, 4) is 6.07 Å². The van der Waals surface area contributed by atoms with Crippen molar-refractivity contribution in [3.05, 3.63) is 78.4 Å². The second-order valence-corrected chi connectivity index (χ2v) is 5.47. The van der Waals surface area contributed by atoms with Crippen LogP contribution in [0.4, 0.5) is 0 Å². The van der Waals surface area contributed by atoms with Crippen LogP contribution in [0.3, 0.4) is 0 Å². The molecule has 0 aliphatic carbocycles. The third-order valence-electron chi connectivity index (χ3n) is 3.81. The summed E-state index contributed by atoms with van der Waals surface area (Å²) in [5, 5.41) is 13.0. The number of amides is 1. The number of allylic oxidation sites excluding steroid dienone is 1. The van der Waals surface area contributed by atoms with E-state index in [1.54, 1.807) is 24.3 Å². The van der Waals surface area contributed by atoms with Gasteiger partial charge in [-0.05, 0) is 24.3 Å². The van der Waals surface area contributed by atoms with Crippen molar-refractivity contribution >= 4 is 22.9 Å². The number of hydrogen-bond donors (Lipinski definition) is 1. The van der Waals surface area contributed by atoms with E-state index in [4.69, 9.17) is 4.42 Å². The summed E-state index contributed by atoms with van der Waals surface area (Å²) in [5.74, 6) is 0.202. The Morgan fingerprint density at radius 1 is 1.32 bits per heavy atom. The Morgan fingerprint density at radius 2 is 2.16 bits per heavy atom. The number of para-hydroxylation sites is 1. The Morgan fingerprint density at radius 3 is 2.88 bits per heavy atom. The Bertz CT molecular complexity index is 972. The average Bonchev–Trinajstić information content (AvgIpc) is 3.27. The van der Waals surface area contributed by atoms with Crippen LogP contribution >= 0.6 is 0 Å². The molecule has 5 heteroatoms. The van der Waals surface area contributed by atoms with Gasteiger partial charge in [-0.1, -0.05) is 24.3 Å². The van der Waals surface area contributed by atoms with Gasteiger partial charge in [-0.15, -0.1) is 6.58 Å². The first-order chi connectivity index (χ1) is 12.2. The molecule has 1 aromatic carbocycles. The predicted molar refractivity (Wildman–Crippen MR) is 96.3 cm³/mol. The van der Waals surface area contributed by atoms with E-state index in [0.717, 1.165) is 16.5 Å². The zero-order valence-corrected chi connectivity index (χ0v) is 13.6. The maximum atomic E-state index is 12.3. The van der Waals surface area contributed by atoms with E-state index in [1.807, 2.05) is 41.1 Å². The van der Waals surface area contributed by atoms with Crippen LogP contribution < -0.4 is 5.32 Å². The molecule has 3 rings (SSSR count). The Kier molecular flexibility index (Phi) is 4.82. The first-order valence-electron chi connectivity index (χ1n) is 7.84. The van der Waals surface area contributed by atoms with Crippen LogP contribution in [0.25, 0.3) is 17.0 Å². The maximum Gasteiger partial charge on any atom is 0.262 e. The van der Waals surface area contributed by atoms with E-state index in [2.05, 4.69) is 11.9 Å². The van der Waals surface area contributed by atoms with Gasteiger partial charge in [0.1, 0.15) is 17.4 Å². The molecule has 2 aromatic heterocycles. The fraction of sp³-hybridized carbons (Fsp3) is 0.100. The lowest BCUT2D eigenvalue weighted by Gasteiger charge is -2.01. The standard InChI is InChI=1S/C20H17N3O2/c1-2-9-23-14-16(18-7-3-4-8-19(18)23)11-15(12-21)20(24)22-13-17-6-5-10-25-17/h2-8,10-11,14H,1,9,13H2,(H,22,24). The highest BCUT2D eigenvalue weighted by molar-refractivity contribution is 6.04. The van der Waals surface area contributed by atoms with Gasteiger partial charge in [0.2, 0.25) is 0 Å². The fourth-order valence-corrected chi connectivity index (χ4v) is 2.66. The van der Waals surface area contributed by atoms with E-state index in [-0.39, 0.29) is 12.1 Å². The van der Waals surface area contributed by atoms with Gasteiger partial charge in [0.05, 0.1) is 12.8 Å². The number of benzene rings is 1. The van der Waals surface area contributed by atoms with Gasteiger partial charge in [-0.25, -0.2) is 0 Å². The molecule has 0 unspecified atom stereocenters. The molecule has 0 bridgehead atoms. The molecule has 0 fully saturated rings. The molecule has 0 saturated carbocycles. The minimum Gasteiger partial charge on any atom is -0.467 e. The molecule has 2 heterocycles. The van der Waals surface area contributed by atoms with Gasteiger partial charge in [0.25, 0.3) is 5.91 Å². The molecule has 5 nitrogen and oxygen atoms in total. The monoisotopic (exact) mass is 331 g/mol. The molecule has 0 atom stereocenters. The number of carbonyl (C=O) groups excluding carboxylic acids is 1. The third-order valence-corrected chi connectivity index (χ3v) is 3.81. The molecule has 1 N–H and O–H groups in total. The summed E-state index contributed by atoms with van der Waals surface area (Å²) in [6, 6.07) is 13.3. The van der Waals surface area contributed by atoms with Crippen molar-refractivity contribution in [1.82, 2.24) is 9.88 Å². The molecular weight excluding hydrogens is 314 g/mol. The van der Waals surface area contributed by atoms with E-state index in [9.17, 15) is 10.1 Å². The summed E-state index contributed by atoms with van der Waals surface area (Å²) < 4.78 is 7.21. The summed E-state index contributed by atoms with van der Waals surface area (Å²) in [7, 11) is 0. The van der Waals surface area contributed by atoms with Crippen LogP contribution in [-0.4, -0.2) is 10.5 Å². The first-order valence-corrected chi connectivity index (χ1v) is 7.84. The minimum atomic E-state index is -0.431. The van der Waals surface area contributed by atoms with Crippen LogP contribution in [-0.2, 0) is 17.9 Å². The van der Waals surface area contributed by atoms with Gasteiger partial charge in [-0.3, -0.25) is 4.79 Å². The molecule has 25 heavy (non-hydrogen) atoms. The summed E-state index contributed by atoms with van der Waals surface area (Å²) in [6.07, 6.45) is 6.88. The number of aromatic nitrogens is 1. The third kappa shape index (κ3) is 3.54. The second kappa shape index (κ2) is 7.37. The van der Waals surface area contributed by atoms with Gasteiger partial charge in [-0.2, -0.15) is 5.26 Å². The van der Waals surface area contributed by atoms with E-state index < -0.39 is 5.91 Å². The molecule has 0 saturated heterocycles. The lowest BCUT2D eigenvalue weighted by molar-refractivity contribution is -0.117. The number of nitriles is 1. The SMILES string of the molecule is C=CCn1cc(C=C(C#N)C(=O)NCc2ccco2)c2ccccc21. The highest BCUT2D eigenvalue weighted by Gasteiger charge is 2.12. The van der Waals surface area contributed by atoms with Crippen LogP contribution in [0.15, 0.2) is 71.5 Å². The van der Waals surface area contributed by atoms with E-state index >= 15 is 0 Å². The largest absolute Gasteiger partial charge is 0.467 e. The van der Waals surface area contributed by atoms with Crippen molar-refractivity contribution < 1.29 is 9.21 Å². The molecule has 1 amide bonds. The fourth-order valence-electron chi connectivity index (χ4n) is 2.66. The van der Waals surface area contributed by atoms with Crippen molar-refractivity contribution in [3.63, 3.8) is 0 Å². The topological polar surface area (TPSA) is 71.0 Å². The van der Waals surface area contributed by atoms with Crippen molar-refractivity contribution in [2.75, 3.05) is 0 Å². The number of carbonyl (C=O) groups is 1. The Hall–Kier alpha value is -3.52. The Balaban J connectivity index is 1.89. The van der Waals surface area contributed by atoms with Crippen LogP contribution in [0.1, 0.15) is 11.3 Å². The van der Waals surface area contributed by atoms with Gasteiger partial charge < -0.3 is 14.3 Å². The number of nitrogens with zero attached hydrogens (tertiary/aromatic N) is 2. The Labute approximate surface area is 145 Å². The lowest BCUT2D eigenvalue weighted by atomic mass is 10.1. The highest BCUT2D eigenvalue weighted by Crippen LogP contribution is 2.23. The van der Waals surface area contributed by atoms with Gasteiger partial charge in [0.15, 0.2) is 0 Å². The molecule has 3 aromatic rings. The average molecular weight is 331 g/mol. The van der Waals surface area contributed by atoms with Crippen molar-refractivity contribution in [1.29, 1.82) is 5.26 Å². The number of hydrogen-bond acceptors (Lipinski definition) is 3. The summed E-state index contributed by atoms with van der Waals surface area (Å²) >= 11 is 0. The van der Waals surface area contributed by atoms with Crippen molar-refractivity contribution in [2.45, 2.75) is 13.1 Å². The van der Waals surface area contributed by atoms with Crippen molar-refractivity contribution in [2.24, 2.45) is 0 Å². The summed E-state index contributed by atoms with van der Waals surface area (Å²) in [4.78, 5) is 12.3. The number of rotatable bonds is 6. The smallest absolute Gasteiger partial charge is 0.262 e. The van der Waals surface area contributed by atoms with E-state index in [0.29, 0.717) is 12.3 Å². The molecular formula is C20H17N3O2. The molecule has 0 radical (unpaired) electrons.